The molecule has 0 unspecified atom stereocenters. The van der Waals surface area contributed by atoms with Crippen LogP contribution in [0.3, 0.4) is 0 Å². The molecule has 0 spiro atoms. The number of ether oxygens (including phenoxy) is 1. The summed E-state index contributed by atoms with van der Waals surface area (Å²) < 4.78 is 5.52. The van der Waals surface area contributed by atoms with E-state index >= 15 is 0 Å². The predicted octanol–water partition coefficient (Wildman–Crippen LogP) is 6.42. The van der Waals surface area contributed by atoms with E-state index in [9.17, 15) is 14.4 Å². The molecule has 4 saturated carbocycles. The highest BCUT2D eigenvalue weighted by Gasteiger charge is 2.66. The summed E-state index contributed by atoms with van der Waals surface area (Å²) in [6.45, 7) is 15.1. The second kappa shape index (κ2) is 9.21. The highest BCUT2D eigenvalue weighted by molar-refractivity contribution is 5.94. The number of ketones is 2. The Balaban J connectivity index is 1.57. The van der Waals surface area contributed by atoms with Gasteiger partial charge in [0.1, 0.15) is 17.7 Å². The molecule has 34 heavy (non-hydrogen) atoms. The maximum absolute atomic E-state index is 13.9. The van der Waals surface area contributed by atoms with Crippen LogP contribution in [0.1, 0.15) is 93.4 Å². The summed E-state index contributed by atoms with van der Waals surface area (Å²) in [6.07, 6.45) is 10.4. The van der Waals surface area contributed by atoms with Gasteiger partial charge in [0.25, 0.3) is 0 Å². The molecule has 0 amide bonds. The van der Waals surface area contributed by atoms with E-state index in [1.165, 1.54) is 6.92 Å². The fraction of sp³-hybridized carbons (Fsp3) is 0.833. The van der Waals surface area contributed by atoms with Gasteiger partial charge in [0, 0.05) is 31.6 Å². The Hall–Kier alpha value is -1.45. The molecule has 0 aliphatic heterocycles. The second-order valence-electron chi connectivity index (χ2n) is 13.2. The highest BCUT2D eigenvalue weighted by Crippen LogP contribution is 2.66. The average Bonchev–Trinajstić information content (AvgIpc) is 3.08. The number of hydrogen-bond donors (Lipinski definition) is 0. The number of rotatable bonds is 5. The van der Waals surface area contributed by atoms with Gasteiger partial charge in [-0.05, 0) is 78.4 Å². The summed E-state index contributed by atoms with van der Waals surface area (Å²) in [7, 11) is 0. The Morgan fingerprint density at radius 3 is 2.35 bits per heavy atom. The van der Waals surface area contributed by atoms with Gasteiger partial charge in [-0.15, -0.1) is 0 Å². The maximum Gasteiger partial charge on any atom is 0.302 e. The first-order valence-electron chi connectivity index (χ1n) is 13.8. The Bertz CT molecular complexity index is 858. The minimum atomic E-state index is -0.249. The molecule has 0 aromatic carbocycles. The summed E-state index contributed by atoms with van der Waals surface area (Å²) in [6, 6.07) is 0. The van der Waals surface area contributed by atoms with Crippen molar-refractivity contribution in [2.24, 2.45) is 58.2 Å². The van der Waals surface area contributed by atoms with Gasteiger partial charge >= 0.3 is 5.97 Å². The van der Waals surface area contributed by atoms with E-state index < -0.39 is 0 Å². The van der Waals surface area contributed by atoms with E-state index in [0.29, 0.717) is 54.0 Å². The van der Waals surface area contributed by atoms with Crippen LogP contribution in [-0.2, 0) is 19.1 Å². The molecule has 4 nitrogen and oxygen atoms in total. The van der Waals surface area contributed by atoms with Gasteiger partial charge in [-0.2, -0.15) is 0 Å². The summed E-state index contributed by atoms with van der Waals surface area (Å²) in [5.74, 6) is 2.61. The molecule has 0 heterocycles. The lowest BCUT2D eigenvalue weighted by molar-refractivity contribution is -0.175. The number of carbonyl (C=O) groups is 3. The number of Topliss-reactive ketones (excluding diaryl/α,β-unsaturated/α-hetero) is 2. The predicted molar refractivity (Wildman–Crippen MR) is 134 cm³/mol. The van der Waals surface area contributed by atoms with Gasteiger partial charge in [-0.3, -0.25) is 14.4 Å². The molecule has 4 fully saturated rings. The molecular formula is C30H46O4. The van der Waals surface area contributed by atoms with Gasteiger partial charge in [-0.25, -0.2) is 0 Å². The van der Waals surface area contributed by atoms with Crippen molar-refractivity contribution in [2.75, 3.05) is 0 Å². The third-order valence-corrected chi connectivity index (χ3v) is 10.9. The van der Waals surface area contributed by atoms with Crippen LogP contribution in [0.2, 0.25) is 0 Å². The molecule has 10 atom stereocenters. The Labute approximate surface area is 206 Å². The molecule has 0 bridgehead atoms. The maximum atomic E-state index is 13.9. The lowest BCUT2D eigenvalue weighted by Gasteiger charge is -2.59. The zero-order valence-corrected chi connectivity index (χ0v) is 22.4. The van der Waals surface area contributed by atoms with Gasteiger partial charge < -0.3 is 4.74 Å². The molecule has 4 aliphatic rings. The third kappa shape index (κ3) is 4.22. The molecule has 0 aromatic heterocycles. The van der Waals surface area contributed by atoms with Crippen molar-refractivity contribution in [3.63, 3.8) is 0 Å². The lowest BCUT2D eigenvalue weighted by Crippen LogP contribution is -2.61. The number of esters is 1. The zero-order chi connectivity index (χ0) is 25.0. The van der Waals surface area contributed by atoms with Crippen LogP contribution in [0, 0.1) is 58.2 Å². The van der Waals surface area contributed by atoms with E-state index in [-0.39, 0.29) is 40.7 Å². The van der Waals surface area contributed by atoms with Crippen LogP contribution >= 0.6 is 0 Å². The molecule has 0 radical (unpaired) electrons. The topological polar surface area (TPSA) is 60.4 Å². The molecule has 0 N–H and O–H groups in total. The number of fused-ring (bicyclic) bond motifs is 5. The zero-order valence-electron chi connectivity index (χ0n) is 22.4. The average molecular weight is 471 g/mol. The molecule has 0 aromatic rings. The summed E-state index contributed by atoms with van der Waals surface area (Å²) in [5.41, 5.74) is -0.235. The normalized spacial score (nSPS) is 43.9. The van der Waals surface area contributed by atoms with Crippen LogP contribution < -0.4 is 0 Å². The van der Waals surface area contributed by atoms with Gasteiger partial charge in [0.15, 0.2) is 0 Å². The standard InChI is InChI=1S/C30H46O4/c1-17(2)18(3)8-9-19(4)23-10-11-24-27-25(32)15-21-14-22(34-20(5)31)12-13-29(21,6)28(27)26(33)16-30(23,24)7/h8-9,17-19,21-24,27-28H,10-16H2,1-7H3/b9-8+/t18-,19+,21+,22+,23-,24+,27-,28+,29-,30-/m0/s1. The first-order valence-corrected chi connectivity index (χ1v) is 13.8. The van der Waals surface area contributed by atoms with E-state index in [1.807, 2.05) is 0 Å². The number of carbonyl (C=O) groups excluding carboxylic acids is 3. The number of hydrogen-bond acceptors (Lipinski definition) is 4. The van der Waals surface area contributed by atoms with Crippen LogP contribution in [0.25, 0.3) is 0 Å². The summed E-state index contributed by atoms with van der Waals surface area (Å²) >= 11 is 0. The van der Waals surface area contributed by atoms with Crippen molar-refractivity contribution in [2.45, 2.75) is 99.5 Å². The van der Waals surface area contributed by atoms with Crippen LogP contribution in [0.15, 0.2) is 12.2 Å². The first-order chi connectivity index (χ1) is 15.9. The third-order valence-electron chi connectivity index (χ3n) is 10.9. The Morgan fingerprint density at radius 2 is 1.71 bits per heavy atom. The molecule has 4 heteroatoms. The minimum absolute atomic E-state index is 0.0864. The minimum Gasteiger partial charge on any atom is -0.463 e. The van der Waals surface area contributed by atoms with Gasteiger partial charge in [0.05, 0.1) is 0 Å². The molecule has 4 rings (SSSR count). The molecule has 0 saturated heterocycles. The monoisotopic (exact) mass is 470 g/mol. The molecule has 4 aliphatic carbocycles. The second-order valence-corrected chi connectivity index (χ2v) is 13.2. The van der Waals surface area contributed by atoms with Gasteiger partial charge in [0.2, 0.25) is 0 Å². The van der Waals surface area contributed by atoms with Crippen molar-refractivity contribution >= 4 is 17.5 Å². The Kier molecular flexibility index (Phi) is 6.94. The van der Waals surface area contributed by atoms with Crippen LogP contribution in [0.5, 0.6) is 0 Å². The quantitative estimate of drug-likeness (QED) is 0.344. The van der Waals surface area contributed by atoms with Crippen molar-refractivity contribution in [3.8, 4) is 0 Å². The van der Waals surface area contributed by atoms with Crippen molar-refractivity contribution < 1.29 is 19.1 Å². The van der Waals surface area contributed by atoms with E-state index in [1.54, 1.807) is 0 Å². The SMILES string of the molecule is CC(=O)O[C@@H]1CC[C@@]2(C)[C@@H](CC(=O)[C@@H]3[C@H]4CC[C@@H]([C@H](C)/C=C/[C@H](C)C(C)C)[C@]4(C)CC(=O)[C@H]32)C1. The smallest absolute Gasteiger partial charge is 0.302 e. The van der Waals surface area contributed by atoms with Crippen LogP contribution in [-0.4, -0.2) is 23.6 Å². The fourth-order valence-electron chi connectivity index (χ4n) is 8.65. The highest BCUT2D eigenvalue weighted by atomic mass is 16.5. The summed E-state index contributed by atoms with van der Waals surface area (Å²) in [5, 5.41) is 0. The van der Waals surface area contributed by atoms with E-state index in [0.717, 1.165) is 32.1 Å². The Morgan fingerprint density at radius 1 is 1.00 bits per heavy atom. The molecular weight excluding hydrogens is 424 g/mol. The molecule has 190 valence electrons. The van der Waals surface area contributed by atoms with E-state index in [2.05, 4.69) is 53.7 Å². The van der Waals surface area contributed by atoms with Crippen molar-refractivity contribution in [1.29, 1.82) is 0 Å². The van der Waals surface area contributed by atoms with E-state index in [4.69, 9.17) is 4.74 Å². The number of allylic oxidation sites excluding steroid dienone is 2. The summed E-state index contributed by atoms with van der Waals surface area (Å²) in [4.78, 5) is 39.1. The van der Waals surface area contributed by atoms with Crippen LogP contribution in [0.4, 0.5) is 0 Å². The van der Waals surface area contributed by atoms with Gasteiger partial charge in [-0.1, -0.05) is 53.7 Å². The fourth-order valence-corrected chi connectivity index (χ4v) is 8.65. The lowest BCUT2D eigenvalue weighted by atomic mass is 9.43. The van der Waals surface area contributed by atoms with Crippen molar-refractivity contribution in [3.05, 3.63) is 12.2 Å². The first kappa shape index (κ1) is 25.6. The van der Waals surface area contributed by atoms with Crippen molar-refractivity contribution in [1.82, 2.24) is 0 Å². The largest absolute Gasteiger partial charge is 0.463 e.